The molecule has 2 N–H and O–H groups in total. The van der Waals surface area contributed by atoms with Gasteiger partial charge in [0.2, 0.25) is 0 Å². The molecule has 0 saturated heterocycles. The molecular weight excluding hydrogens is 505 g/mol. The van der Waals surface area contributed by atoms with E-state index in [1.807, 2.05) is 24.3 Å². The number of hydrogen-bond acceptors (Lipinski definition) is 5. The molecule has 1 aliphatic rings. The van der Waals surface area contributed by atoms with Crippen molar-refractivity contribution in [3.8, 4) is 5.75 Å². The summed E-state index contributed by atoms with van der Waals surface area (Å²) in [6, 6.07) is 16.9. The lowest BCUT2D eigenvalue weighted by molar-refractivity contribution is -0.274. The normalized spacial score (nSPS) is 13.3. The van der Waals surface area contributed by atoms with Crippen molar-refractivity contribution in [1.29, 1.82) is 0 Å². The predicted octanol–water partition coefficient (Wildman–Crippen LogP) is 5.83. The standard InChI is InChI=1S/C26H21F3N4O3S/c1-15(2)19-5-3-4-6-22(19)31-25(37)32-30-14-16-7-12-20-21(13-16)24(35)33(23(20)34)17-8-10-18(11-9-17)36-26(27,28)29/h3-15H,1-2H3,(H2,31,32,37)/b30-14+. The molecule has 0 unspecified atom stereocenters. The monoisotopic (exact) mass is 526 g/mol. The number of alkyl halides is 3. The number of fused-ring (bicyclic) bond motifs is 1. The van der Waals surface area contributed by atoms with Crippen LogP contribution in [0.2, 0.25) is 0 Å². The molecule has 1 heterocycles. The minimum absolute atomic E-state index is 0.121. The summed E-state index contributed by atoms with van der Waals surface area (Å²) < 4.78 is 41.0. The van der Waals surface area contributed by atoms with Gasteiger partial charge in [0, 0.05) is 5.69 Å². The molecule has 190 valence electrons. The molecule has 0 aromatic heterocycles. The van der Waals surface area contributed by atoms with Crippen LogP contribution >= 0.6 is 12.2 Å². The van der Waals surface area contributed by atoms with Crippen LogP contribution < -0.4 is 20.4 Å². The van der Waals surface area contributed by atoms with Crippen molar-refractivity contribution >= 4 is 46.7 Å². The first kappa shape index (κ1) is 25.8. The zero-order valence-corrected chi connectivity index (χ0v) is 20.5. The molecule has 0 fully saturated rings. The second kappa shape index (κ2) is 10.4. The van der Waals surface area contributed by atoms with E-state index < -0.39 is 23.9 Å². The lowest BCUT2D eigenvalue weighted by Gasteiger charge is -2.15. The third-order valence-corrected chi connectivity index (χ3v) is 5.64. The molecule has 0 aliphatic carbocycles. The first-order chi connectivity index (χ1) is 17.5. The van der Waals surface area contributed by atoms with Gasteiger partial charge >= 0.3 is 6.36 Å². The Labute approximate surface area is 215 Å². The molecule has 7 nitrogen and oxygen atoms in total. The molecule has 3 aromatic carbocycles. The number of hydrazone groups is 1. The molecule has 0 spiro atoms. The maximum atomic E-state index is 12.9. The number of imide groups is 1. The second-order valence-electron chi connectivity index (χ2n) is 8.36. The average Bonchev–Trinajstić information content (AvgIpc) is 3.08. The van der Waals surface area contributed by atoms with Gasteiger partial charge in [0.25, 0.3) is 11.8 Å². The van der Waals surface area contributed by atoms with Crippen LogP contribution in [-0.2, 0) is 0 Å². The van der Waals surface area contributed by atoms with E-state index in [1.165, 1.54) is 30.5 Å². The number of carbonyl (C=O) groups excluding carboxylic acids is 2. The highest BCUT2D eigenvalue weighted by atomic mass is 32.1. The van der Waals surface area contributed by atoms with Gasteiger partial charge in [0.15, 0.2) is 5.11 Å². The molecule has 37 heavy (non-hydrogen) atoms. The Morgan fingerprint density at radius 1 is 1.00 bits per heavy atom. The van der Waals surface area contributed by atoms with Gasteiger partial charge in [-0.05, 0) is 71.7 Å². The summed E-state index contributed by atoms with van der Waals surface area (Å²) in [5.74, 6) is -1.35. The number of benzene rings is 3. The highest BCUT2D eigenvalue weighted by Gasteiger charge is 2.37. The zero-order valence-electron chi connectivity index (χ0n) is 19.7. The van der Waals surface area contributed by atoms with Crippen molar-refractivity contribution in [3.05, 3.63) is 89.0 Å². The number of para-hydroxylation sites is 1. The number of thiocarbonyl (C=S) groups is 1. The number of anilines is 2. The van der Waals surface area contributed by atoms with E-state index in [9.17, 15) is 22.8 Å². The van der Waals surface area contributed by atoms with Crippen molar-refractivity contribution in [2.24, 2.45) is 5.10 Å². The van der Waals surface area contributed by atoms with Gasteiger partial charge in [-0.2, -0.15) is 5.10 Å². The number of ether oxygens (including phenoxy) is 1. The topological polar surface area (TPSA) is 83.0 Å². The van der Waals surface area contributed by atoms with Crippen molar-refractivity contribution in [2.45, 2.75) is 26.1 Å². The Kier molecular flexibility index (Phi) is 7.25. The van der Waals surface area contributed by atoms with E-state index in [1.54, 1.807) is 6.07 Å². The van der Waals surface area contributed by atoms with Crippen LogP contribution in [0.25, 0.3) is 0 Å². The van der Waals surface area contributed by atoms with Crippen LogP contribution in [0.1, 0.15) is 51.6 Å². The minimum Gasteiger partial charge on any atom is -0.406 e. The Hall–Kier alpha value is -4.25. The summed E-state index contributed by atoms with van der Waals surface area (Å²) in [7, 11) is 0. The maximum absolute atomic E-state index is 12.9. The first-order valence-electron chi connectivity index (χ1n) is 11.1. The van der Waals surface area contributed by atoms with E-state index in [0.717, 1.165) is 28.3 Å². The Balaban J connectivity index is 1.44. The smallest absolute Gasteiger partial charge is 0.406 e. The van der Waals surface area contributed by atoms with Crippen LogP contribution in [0.5, 0.6) is 5.75 Å². The molecule has 11 heteroatoms. The van der Waals surface area contributed by atoms with Crippen LogP contribution in [0, 0.1) is 0 Å². The van der Waals surface area contributed by atoms with Gasteiger partial charge in [-0.1, -0.05) is 38.1 Å². The van der Waals surface area contributed by atoms with Gasteiger partial charge in [0.05, 0.1) is 23.0 Å². The minimum atomic E-state index is -4.85. The fraction of sp³-hybridized carbons (Fsp3) is 0.154. The molecule has 0 atom stereocenters. The summed E-state index contributed by atoms with van der Waals surface area (Å²) in [4.78, 5) is 26.7. The van der Waals surface area contributed by atoms with E-state index in [0.29, 0.717) is 11.5 Å². The number of hydrogen-bond donors (Lipinski definition) is 2. The SMILES string of the molecule is CC(C)c1ccccc1NC(=S)N/N=C/c1ccc2c(c1)C(=O)N(c1ccc(OC(F)(F)F)cc1)C2=O. The number of nitrogens with one attached hydrogen (secondary N) is 2. The fourth-order valence-electron chi connectivity index (χ4n) is 3.80. The predicted molar refractivity (Wildman–Crippen MR) is 138 cm³/mol. The third-order valence-electron chi connectivity index (χ3n) is 5.45. The quantitative estimate of drug-likeness (QED) is 0.182. The van der Waals surface area contributed by atoms with Gasteiger partial charge in [-0.15, -0.1) is 13.2 Å². The van der Waals surface area contributed by atoms with E-state index in [-0.39, 0.29) is 21.9 Å². The fourth-order valence-corrected chi connectivity index (χ4v) is 3.96. The molecule has 0 bridgehead atoms. The largest absolute Gasteiger partial charge is 0.573 e. The second-order valence-corrected chi connectivity index (χ2v) is 8.77. The number of amides is 2. The molecule has 1 aliphatic heterocycles. The van der Waals surface area contributed by atoms with Crippen LogP contribution in [0.15, 0.2) is 71.8 Å². The van der Waals surface area contributed by atoms with Crippen LogP contribution in [-0.4, -0.2) is 29.5 Å². The van der Waals surface area contributed by atoms with Crippen LogP contribution in [0.4, 0.5) is 24.5 Å². The van der Waals surface area contributed by atoms with Crippen molar-refractivity contribution < 1.29 is 27.5 Å². The summed E-state index contributed by atoms with van der Waals surface area (Å²) >= 11 is 5.31. The molecule has 2 amide bonds. The van der Waals surface area contributed by atoms with Crippen molar-refractivity contribution in [3.63, 3.8) is 0 Å². The van der Waals surface area contributed by atoms with E-state index in [2.05, 4.69) is 34.4 Å². The first-order valence-corrected chi connectivity index (χ1v) is 11.5. The number of rotatable bonds is 6. The van der Waals surface area contributed by atoms with Gasteiger partial charge in [-0.3, -0.25) is 15.0 Å². The number of carbonyl (C=O) groups is 2. The molecule has 0 radical (unpaired) electrons. The highest BCUT2D eigenvalue weighted by Crippen LogP contribution is 2.31. The average molecular weight is 527 g/mol. The molecule has 0 saturated carbocycles. The lowest BCUT2D eigenvalue weighted by atomic mass is 10.0. The van der Waals surface area contributed by atoms with Gasteiger partial charge in [-0.25, -0.2) is 4.90 Å². The van der Waals surface area contributed by atoms with Crippen molar-refractivity contribution in [2.75, 3.05) is 10.2 Å². The van der Waals surface area contributed by atoms with Crippen LogP contribution in [0.3, 0.4) is 0 Å². The van der Waals surface area contributed by atoms with Crippen molar-refractivity contribution in [1.82, 2.24) is 5.43 Å². The summed E-state index contributed by atoms with van der Waals surface area (Å²) in [5.41, 5.74) is 5.67. The lowest BCUT2D eigenvalue weighted by Crippen LogP contribution is -2.29. The summed E-state index contributed by atoms with van der Waals surface area (Å²) in [6.45, 7) is 4.15. The third kappa shape index (κ3) is 5.95. The zero-order chi connectivity index (χ0) is 26.7. The summed E-state index contributed by atoms with van der Waals surface area (Å²) in [6.07, 6.45) is -3.39. The highest BCUT2D eigenvalue weighted by molar-refractivity contribution is 7.80. The Morgan fingerprint density at radius 2 is 1.68 bits per heavy atom. The van der Waals surface area contributed by atoms with E-state index in [4.69, 9.17) is 12.2 Å². The maximum Gasteiger partial charge on any atom is 0.573 e. The number of nitrogens with zero attached hydrogens (tertiary/aromatic N) is 2. The Morgan fingerprint density at radius 3 is 2.35 bits per heavy atom. The van der Waals surface area contributed by atoms with Gasteiger partial charge < -0.3 is 10.1 Å². The molecule has 4 rings (SSSR count). The Bertz CT molecular complexity index is 1390. The summed E-state index contributed by atoms with van der Waals surface area (Å²) in [5, 5.41) is 7.48. The number of halogens is 3. The molecule has 3 aromatic rings. The van der Waals surface area contributed by atoms with Gasteiger partial charge in [0.1, 0.15) is 5.75 Å². The van der Waals surface area contributed by atoms with E-state index >= 15 is 0 Å². The molecular formula is C26H21F3N4O3S.